The molecule has 2 heterocycles. The van der Waals surface area contributed by atoms with Gasteiger partial charge in [-0.1, -0.05) is 25.4 Å². The van der Waals surface area contributed by atoms with E-state index in [-0.39, 0.29) is 10.6 Å². The van der Waals surface area contributed by atoms with Gasteiger partial charge in [-0.25, -0.2) is 13.8 Å². The van der Waals surface area contributed by atoms with E-state index in [1.165, 1.54) is 25.0 Å². The number of nitrogens with one attached hydrogen (secondary N) is 1. The summed E-state index contributed by atoms with van der Waals surface area (Å²) in [5.41, 5.74) is 1.08. The smallest absolute Gasteiger partial charge is 0.272 e. The van der Waals surface area contributed by atoms with Gasteiger partial charge in [0.05, 0.1) is 16.1 Å². The number of hydrogen-bond donors (Lipinski definition) is 2. The van der Waals surface area contributed by atoms with Crippen LogP contribution in [0.5, 0.6) is 0 Å². The molecule has 1 aromatic heterocycles. The maximum Gasteiger partial charge on any atom is 0.272 e. The predicted molar refractivity (Wildman–Crippen MR) is 122 cm³/mol. The maximum atomic E-state index is 13.5. The zero-order valence-corrected chi connectivity index (χ0v) is 20.0. The van der Waals surface area contributed by atoms with Crippen molar-refractivity contribution < 1.29 is 18.6 Å². The SMILES string of the molecule is C1CCOC1.CC.CN(C)CCCCc1nc2cc(Cl)c(C(C)(F)F)cc2[nH]1.CO. The summed E-state index contributed by atoms with van der Waals surface area (Å²) in [6, 6.07) is 2.90. The monoisotopic (exact) mass is 449 g/mol. The zero-order chi connectivity index (χ0) is 23.2. The van der Waals surface area contributed by atoms with Crippen LogP contribution in [-0.4, -0.2) is 60.9 Å². The molecule has 1 fully saturated rings. The molecule has 1 aliphatic rings. The van der Waals surface area contributed by atoms with E-state index in [2.05, 4.69) is 14.9 Å². The minimum atomic E-state index is -2.96. The minimum absolute atomic E-state index is 0.0562. The van der Waals surface area contributed by atoms with Crippen molar-refractivity contribution in [3.8, 4) is 0 Å². The number of imidazole rings is 1. The van der Waals surface area contributed by atoms with E-state index in [0.717, 1.165) is 58.9 Å². The Hall–Kier alpha value is -1.28. The molecular weight excluding hydrogens is 412 g/mol. The second-order valence-corrected chi connectivity index (χ2v) is 7.41. The van der Waals surface area contributed by atoms with E-state index in [1.54, 1.807) is 0 Å². The average molecular weight is 450 g/mol. The molecule has 0 aliphatic carbocycles. The Morgan fingerprint density at radius 1 is 1.17 bits per heavy atom. The van der Waals surface area contributed by atoms with Crippen molar-refractivity contribution in [3.63, 3.8) is 0 Å². The maximum absolute atomic E-state index is 13.5. The summed E-state index contributed by atoms with van der Waals surface area (Å²) in [7, 11) is 5.07. The lowest BCUT2D eigenvalue weighted by atomic mass is 10.1. The molecular formula is C22H38ClF2N3O2. The van der Waals surface area contributed by atoms with E-state index < -0.39 is 5.92 Å². The number of aromatic amines is 1. The minimum Gasteiger partial charge on any atom is -0.400 e. The second-order valence-electron chi connectivity index (χ2n) is 7.00. The van der Waals surface area contributed by atoms with Gasteiger partial charge in [0.15, 0.2) is 0 Å². The Morgan fingerprint density at radius 3 is 2.23 bits per heavy atom. The number of aliphatic hydroxyl groups is 1. The Morgan fingerprint density at radius 2 is 1.77 bits per heavy atom. The molecule has 2 N–H and O–H groups in total. The Kier molecular flexibility index (Phi) is 14.8. The van der Waals surface area contributed by atoms with Crippen LogP contribution in [0.1, 0.15) is 57.8 Å². The van der Waals surface area contributed by atoms with Crippen LogP contribution in [0.4, 0.5) is 8.78 Å². The summed E-state index contributed by atoms with van der Waals surface area (Å²) < 4.78 is 31.8. The largest absolute Gasteiger partial charge is 0.400 e. The highest BCUT2D eigenvalue weighted by Crippen LogP contribution is 2.35. The highest BCUT2D eigenvalue weighted by Gasteiger charge is 2.28. The van der Waals surface area contributed by atoms with Crippen molar-refractivity contribution >= 4 is 22.6 Å². The molecule has 2 aromatic rings. The van der Waals surface area contributed by atoms with E-state index in [1.807, 2.05) is 27.9 Å². The standard InChI is InChI=1S/C15H20ClF2N3.C4H8O.C2H6.CH4O/c1-15(17,18)10-8-12-13(9-11(10)16)20-14(19-12)6-4-5-7-21(2)3;1-2-4-5-3-1;2*1-2/h8-9H,4-7H2,1-3H3,(H,19,20);1-4H2;1-2H3;2H,1H3. The average Bonchev–Trinajstić information content (AvgIpc) is 3.40. The summed E-state index contributed by atoms with van der Waals surface area (Å²) in [5, 5.41) is 7.06. The quantitative estimate of drug-likeness (QED) is 0.560. The van der Waals surface area contributed by atoms with Gasteiger partial charge < -0.3 is 19.7 Å². The molecule has 1 aromatic carbocycles. The molecule has 5 nitrogen and oxygen atoms in total. The highest BCUT2D eigenvalue weighted by atomic mass is 35.5. The Bertz CT molecular complexity index is 692. The summed E-state index contributed by atoms with van der Waals surface area (Å²) in [6.07, 6.45) is 5.43. The van der Waals surface area contributed by atoms with Gasteiger partial charge in [-0.2, -0.15) is 0 Å². The second kappa shape index (κ2) is 15.5. The summed E-state index contributed by atoms with van der Waals surface area (Å²) in [4.78, 5) is 9.65. The molecule has 0 bridgehead atoms. The molecule has 174 valence electrons. The molecule has 0 atom stereocenters. The lowest BCUT2D eigenvalue weighted by Crippen LogP contribution is -2.12. The van der Waals surface area contributed by atoms with Gasteiger partial charge >= 0.3 is 0 Å². The van der Waals surface area contributed by atoms with Crippen molar-refractivity contribution in [1.29, 1.82) is 0 Å². The number of H-pyrrole nitrogens is 1. The number of aryl methyl sites for hydroxylation is 1. The number of aliphatic hydroxyl groups excluding tert-OH is 1. The molecule has 0 amide bonds. The molecule has 0 saturated carbocycles. The fraction of sp³-hybridized carbons (Fsp3) is 0.682. The summed E-state index contributed by atoms with van der Waals surface area (Å²) in [5.74, 6) is -2.14. The molecule has 0 unspecified atom stereocenters. The fourth-order valence-electron chi connectivity index (χ4n) is 2.77. The van der Waals surface area contributed by atoms with Crippen LogP contribution < -0.4 is 0 Å². The first kappa shape index (κ1) is 28.7. The topological polar surface area (TPSA) is 61.4 Å². The van der Waals surface area contributed by atoms with Gasteiger partial charge in [0.1, 0.15) is 5.82 Å². The normalized spacial score (nSPS) is 13.2. The molecule has 0 radical (unpaired) electrons. The van der Waals surface area contributed by atoms with E-state index in [0.29, 0.717) is 11.0 Å². The fourth-order valence-corrected chi connectivity index (χ4v) is 3.09. The van der Waals surface area contributed by atoms with Crippen LogP contribution in [-0.2, 0) is 17.1 Å². The first-order valence-corrected chi connectivity index (χ1v) is 10.9. The Balaban J connectivity index is 0.000000788. The van der Waals surface area contributed by atoms with Crippen molar-refractivity contribution in [2.75, 3.05) is 41.0 Å². The molecule has 1 saturated heterocycles. The van der Waals surface area contributed by atoms with Crippen molar-refractivity contribution in [2.45, 2.75) is 58.8 Å². The number of fused-ring (bicyclic) bond motifs is 1. The van der Waals surface area contributed by atoms with E-state index in [9.17, 15) is 8.78 Å². The van der Waals surface area contributed by atoms with Crippen molar-refractivity contribution in [3.05, 3.63) is 28.5 Å². The van der Waals surface area contributed by atoms with Crippen molar-refractivity contribution in [2.24, 2.45) is 0 Å². The predicted octanol–water partition coefficient (Wildman–Crippen LogP) is 5.64. The number of benzene rings is 1. The number of halogens is 3. The van der Waals surface area contributed by atoms with Gasteiger partial charge in [-0.15, -0.1) is 0 Å². The number of alkyl halides is 2. The number of aromatic nitrogens is 2. The highest BCUT2D eigenvalue weighted by molar-refractivity contribution is 6.32. The first-order valence-electron chi connectivity index (χ1n) is 10.5. The van der Waals surface area contributed by atoms with Gasteiger partial charge in [-0.3, -0.25) is 0 Å². The van der Waals surface area contributed by atoms with Crippen LogP contribution >= 0.6 is 11.6 Å². The van der Waals surface area contributed by atoms with Crippen LogP contribution in [0.2, 0.25) is 5.02 Å². The van der Waals surface area contributed by atoms with Gasteiger partial charge in [0.25, 0.3) is 5.92 Å². The van der Waals surface area contributed by atoms with Crippen LogP contribution in [0.3, 0.4) is 0 Å². The van der Waals surface area contributed by atoms with Crippen LogP contribution in [0.25, 0.3) is 11.0 Å². The first-order chi connectivity index (χ1) is 14.3. The zero-order valence-electron chi connectivity index (χ0n) is 19.2. The van der Waals surface area contributed by atoms with E-state index in [4.69, 9.17) is 21.4 Å². The van der Waals surface area contributed by atoms with Gasteiger partial charge in [-0.05, 0) is 58.5 Å². The molecule has 8 heteroatoms. The number of nitrogens with zero attached hydrogens (tertiary/aromatic N) is 2. The number of hydrogen-bond acceptors (Lipinski definition) is 4. The number of rotatable bonds is 6. The summed E-state index contributed by atoms with van der Waals surface area (Å²) >= 11 is 5.92. The van der Waals surface area contributed by atoms with E-state index >= 15 is 0 Å². The van der Waals surface area contributed by atoms with Gasteiger partial charge in [0, 0.05) is 39.2 Å². The molecule has 0 spiro atoms. The third-order valence-electron chi connectivity index (χ3n) is 4.19. The summed E-state index contributed by atoms with van der Waals surface area (Å²) in [6.45, 7) is 7.87. The number of unbranched alkanes of at least 4 members (excludes halogenated alkanes) is 1. The molecule has 3 rings (SSSR count). The van der Waals surface area contributed by atoms with Crippen LogP contribution in [0, 0.1) is 0 Å². The third-order valence-corrected chi connectivity index (χ3v) is 4.50. The third kappa shape index (κ3) is 10.7. The van der Waals surface area contributed by atoms with Crippen LogP contribution in [0.15, 0.2) is 12.1 Å². The Labute approximate surface area is 184 Å². The molecule has 1 aliphatic heterocycles. The van der Waals surface area contributed by atoms with Crippen molar-refractivity contribution in [1.82, 2.24) is 14.9 Å². The van der Waals surface area contributed by atoms with Gasteiger partial charge in [0.2, 0.25) is 0 Å². The lowest BCUT2D eigenvalue weighted by Gasteiger charge is -2.11. The molecule has 30 heavy (non-hydrogen) atoms. The number of ether oxygens (including phenoxy) is 1. The lowest BCUT2D eigenvalue weighted by molar-refractivity contribution is 0.0177.